The van der Waals surface area contributed by atoms with Gasteiger partial charge in [0.15, 0.2) is 0 Å². The Labute approximate surface area is 114 Å². The van der Waals surface area contributed by atoms with Gasteiger partial charge >= 0.3 is 5.97 Å². The number of aliphatic carboxylic acids is 1. The molecule has 0 saturated carbocycles. The molecule has 1 fully saturated rings. The molecule has 4 heteroatoms. The zero-order valence-corrected chi connectivity index (χ0v) is 11.5. The van der Waals surface area contributed by atoms with Crippen molar-refractivity contribution in [2.24, 2.45) is 0 Å². The summed E-state index contributed by atoms with van der Waals surface area (Å²) in [5.41, 5.74) is 2.81. The van der Waals surface area contributed by atoms with Crippen LogP contribution in [0.4, 0.5) is 0 Å². The Hall–Kier alpha value is -1.39. The fourth-order valence-corrected chi connectivity index (χ4v) is 2.59. The number of nitrogens with zero attached hydrogens (tertiary/aromatic N) is 2. The van der Waals surface area contributed by atoms with Gasteiger partial charge in [0.1, 0.15) is 0 Å². The van der Waals surface area contributed by atoms with Crippen LogP contribution in [0, 0.1) is 0 Å². The van der Waals surface area contributed by atoms with E-state index in [0.29, 0.717) is 0 Å². The van der Waals surface area contributed by atoms with Gasteiger partial charge in [0.2, 0.25) is 0 Å². The monoisotopic (exact) mass is 262 g/mol. The van der Waals surface area contributed by atoms with Crippen molar-refractivity contribution in [2.75, 3.05) is 32.7 Å². The molecule has 0 unspecified atom stereocenters. The first-order valence-electron chi connectivity index (χ1n) is 6.92. The molecule has 4 nitrogen and oxygen atoms in total. The van der Waals surface area contributed by atoms with E-state index in [1.807, 2.05) is 4.90 Å². The molecule has 0 radical (unpaired) electrons. The third-order valence-electron chi connectivity index (χ3n) is 3.72. The molecule has 1 N–H and O–H groups in total. The van der Waals surface area contributed by atoms with E-state index in [-0.39, 0.29) is 6.54 Å². The van der Waals surface area contributed by atoms with Gasteiger partial charge in [0.25, 0.3) is 0 Å². The third kappa shape index (κ3) is 4.04. The molecule has 1 aliphatic rings. The van der Waals surface area contributed by atoms with Crippen molar-refractivity contribution < 1.29 is 9.90 Å². The molecular formula is C15H22N2O2. The quantitative estimate of drug-likeness (QED) is 0.872. The first kappa shape index (κ1) is 14.0. The van der Waals surface area contributed by atoms with Gasteiger partial charge in [-0.15, -0.1) is 0 Å². The van der Waals surface area contributed by atoms with E-state index >= 15 is 0 Å². The van der Waals surface area contributed by atoms with Crippen LogP contribution in [0.25, 0.3) is 0 Å². The lowest BCUT2D eigenvalue weighted by molar-refractivity contribution is -0.138. The van der Waals surface area contributed by atoms with E-state index in [4.69, 9.17) is 5.11 Å². The Balaban J connectivity index is 1.87. The Bertz CT molecular complexity index is 426. The SMILES string of the molecule is CCc1ccccc1CN1CCN(CC(=O)O)CC1. The number of aryl methyl sites for hydroxylation is 1. The Kier molecular flexibility index (Phi) is 4.93. The van der Waals surface area contributed by atoms with Crippen molar-refractivity contribution in [3.63, 3.8) is 0 Å². The maximum atomic E-state index is 10.7. The standard InChI is InChI=1S/C15H22N2O2/c1-2-13-5-3-4-6-14(13)11-16-7-9-17(10-8-16)12-15(18)19/h3-6H,2,7-12H2,1H3,(H,18,19). The average molecular weight is 262 g/mol. The molecule has 0 aliphatic carbocycles. The summed E-state index contributed by atoms with van der Waals surface area (Å²) in [7, 11) is 0. The van der Waals surface area contributed by atoms with Crippen molar-refractivity contribution in [3.8, 4) is 0 Å². The lowest BCUT2D eigenvalue weighted by Crippen LogP contribution is -2.47. The molecule has 1 heterocycles. The highest BCUT2D eigenvalue weighted by Crippen LogP contribution is 2.13. The van der Waals surface area contributed by atoms with Crippen LogP contribution < -0.4 is 0 Å². The number of hydrogen-bond donors (Lipinski definition) is 1. The minimum Gasteiger partial charge on any atom is -0.480 e. The number of carboxylic acid groups (broad SMARTS) is 1. The second-order valence-corrected chi connectivity index (χ2v) is 5.07. The van der Waals surface area contributed by atoms with E-state index in [2.05, 4.69) is 36.1 Å². The Morgan fingerprint density at radius 2 is 1.68 bits per heavy atom. The molecule has 1 saturated heterocycles. The summed E-state index contributed by atoms with van der Waals surface area (Å²) in [5, 5.41) is 8.78. The van der Waals surface area contributed by atoms with Crippen molar-refractivity contribution in [1.29, 1.82) is 0 Å². The van der Waals surface area contributed by atoms with Crippen LogP contribution in [0.3, 0.4) is 0 Å². The van der Waals surface area contributed by atoms with Crippen LogP contribution in [0.5, 0.6) is 0 Å². The third-order valence-corrected chi connectivity index (χ3v) is 3.72. The van der Waals surface area contributed by atoms with E-state index in [1.54, 1.807) is 0 Å². The first-order chi connectivity index (χ1) is 9.19. The van der Waals surface area contributed by atoms with Crippen molar-refractivity contribution in [2.45, 2.75) is 19.9 Å². The summed E-state index contributed by atoms with van der Waals surface area (Å²) in [5.74, 6) is -0.732. The molecule has 1 aromatic rings. The van der Waals surface area contributed by atoms with Crippen LogP contribution in [-0.4, -0.2) is 53.6 Å². The zero-order valence-electron chi connectivity index (χ0n) is 11.5. The van der Waals surface area contributed by atoms with Gasteiger partial charge in [-0.1, -0.05) is 31.2 Å². The Morgan fingerprint density at radius 1 is 1.11 bits per heavy atom. The molecule has 1 aromatic carbocycles. The molecule has 0 aromatic heterocycles. The molecule has 1 aliphatic heterocycles. The number of hydrogen-bond acceptors (Lipinski definition) is 3. The highest BCUT2D eigenvalue weighted by molar-refractivity contribution is 5.69. The smallest absolute Gasteiger partial charge is 0.317 e. The summed E-state index contributed by atoms with van der Waals surface area (Å²) in [4.78, 5) is 15.1. The topological polar surface area (TPSA) is 43.8 Å². The first-order valence-corrected chi connectivity index (χ1v) is 6.92. The largest absolute Gasteiger partial charge is 0.480 e. The average Bonchev–Trinajstić information content (AvgIpc) is 2.41. The number of carboxylic acids is 1. The van der Waals surface area contributed by atoms with Crippen molar-refractivity contribution >= 4 is 5.97 Å². The maximum Gasteiger partial charge on any atom is 0.317 e. The molecule has 0 bridgehead atoms. The van der Waals surface area contributed by atoms with Gasteiger partial charge in [-0.25, -0.2) is 0 Å². The summed E-state index contributed by atoms with van der Waals surface area (Å²) < 4.78 is 0. The summed E-state index contributed by atoms with van der Waals surface area (Å²) in [6, 6.07) is 8.57. The predicted octanol–water partition coefficient (Wildman–Crippen LogP) is 1.45. The molecule has 2 rings (SSSR count). The highest BCUT2D eigenvalue weighted by Gasteiger charge is 2.18. The fourth-order valence-electron chi connectivity index (χ4n) is 2.59. The normalized spacial score (nSPS) is 17.5. The van der Waals surface area contributed by atoms with E-state index < -0.39 is 5.97 Å². The number of benzene rings is 1. The second-order valence-electron chi connectivity index (χ2n) is 5.07. The lowest BCUT2D eigenvalue weighted by atomic mass is 10.0. The van der Waals surface area contributed by atoms with Gasteiger partial charge in [-0.3, -0.25) is 14.6 Å². The van der Waals surface area contributed by atoms with E-state index in [9.17, 15) is 4.79 Å². The predicted molar refractivity (Wildman–Crippen MR) is 75.2 cm³/mol. The van der Waals surface area contributed by atoms with Crippen molar-refractivity contribution in [1.82, 2.24) is 9.80 Å². The highest BCUT2D eigenvalue weighted by atomic mass is 16.4. The lowest BCUT2D eigenvalue weighted by Gasteiger charge is -2.34. The second kappa shape index (κ2) is 6.68. The summed E-state index contributed by atoms with van der Waals surface area (Å²) in [6.45, 7) is 6.92. The van der Waals surface area contributed by atoms with Gasteiger partial charge in [0, 0.05) is 32.7 Å². The zero-order chi connectivity index (χ0) is 13.7. The number of rotatable bonds is 5. The molecule has 19 heavy (non-hydrogen) atoms. The van der Waals surface area contributed by atoms with E-state index in [0.717, 1.165) is 39.1 Å². The van der Waals surface area contributed by atoms with Crippen LogP contribution >= 0.6 is 0 Å². The Morgan fingerprint density at radius 3 is 2.26 bits per heavy atom. The maximum absolute atomic E-state index is 10.7. The molecule has 104 valence electrons. The number of piperazine rings is 1. The minimum atomic E-state index is -0.732. The van der Waals surface area contributed by atoms with Gasteiger partial charge in [-0.05, 0) is 17.5 Å². The van der Waals surface area contributed by atoms with Gasteiger partial charge in [-0.2, -0.15) is 0 Å². The van der Waals surface area contributed by atoms with Gasteiger partial charge in [0.05, 0.1) is 6.54 Å². The van der Waals surface area contributed by atoms with E-state index in [1.165, 1.54) is 11.1 Å². The molecule has 0 atom stereocenters. The summed E-state index contributed by atoms with van der Waals surface area (Å²) >= 11 is 0. The summed E-state index contributed by atoms with van der Waals surface area (Å²) in [6.07, 6.45) is 1.06. The van der Waals surface area contributed by atoms with Crippen LogP contribution in [0.1, 0.15) is 18.1 Å². The molecule has 0 spiro atoms. The van der Waals surface area contributed by atoms with Crippen LogP contribution in [-0.2, 0) is 17.8 Å². The molecular weight excluding hydrogens is 240 g/mol. The van der Waals surface area contributed by atoms with Gasteiger partial charge < -0.3 is 5.11 Å². The minimum absolute atomic E-state index is 0.166. The fraction of sp³-hybridized carbons (Fsp3) is 0.533. The van der Waals surface area contributed by atoms with Crippen LogP contribution in [0.15, 0.2) is 24.3 Å². The van der Waals surface area contributed by atoms with Crippen LogP contribution in [0.2, 0.25) is 0 Å². The molecule has 0 amide bonds. The van der Waals surface area contributed by atoms with Crippen molar-refractivity contribution in [3.05, 3.63) is 35.4 Å². The number of carbonyl (C=O) groups is 1.